The Kier molecular flexibility index (Phi) is 6.65. The summed E-state index contributed by atoms with van der Waals surface area (Å²) >= 11 is 2.69. The number of nitrogens with zero attached hydrogens (tertiary/aromatic N) is 6. The van der Waals surface area contributed by atoms with Crippen LogP contribution in [0.4, 0.5) is 5.13 Å². The first kappa shape index (κ1) is 20.3. The van der Waals surface area contributed by atoms with Gasteiger partial charge in [-0.05, 0) is 6.92 Å². The molecule has 10 nitrogen and oxygen atoms in total. The van der Waals surface area contributed by atoms with Crippen LogP contribution in [0.1, 0.15) is 5.69 Å². The summed E-state index contributed by atoms with van der Waals surface area (Å²) in [6.07, 6.45) is 1.82. The van der Waals surface area contributed by atoms with E-state index in [0.717, 1.165) is 11.3 Å². The van der Waals surface area contributed by atoms with Crippen molar-refractivity contribution in [3.63, 3.8) is 0 Å². The molecule has 0 aliphatic carbocycles. The Labute approximate surface area is 170 Å². The van der Waals surface area contributed by atoms with Crippen molar-refractivity contribution in [2.45, 2.75) is 18.6 Å². The molecule has 0 radical (unpaired) electrons. The SMILES string of the molecule is COCCn1c(SCC(=O)Nc2nc(C)cs2)nnc1-c1cn(C)nc1OC. The zero-order chi connectivity index (χ0) is 20.1. The number of aryl methyl sites for hydroxylation is 2. The fourth-order valence-electron chi connectivity index (χ4n) is 2.45. The summed E-state index contributed by atoms with van der Waals surface area (Å²) in [5.74, 6) is 1.11. The fraction of sp³-hybridized carbons (Fsp3) is 0.438. The van der Waals surface area contributed by atoms with Crippen LogP contribution < -0.4 is 10.1 Å². The highest BCUT2D eigenvalue weighted by Gasteiger charge is 2.21. The predicted octanol–water partition coefficient (Wildman–Crippen LogP) is 1.83. The van der Waals surface area contributed by atoms with Crippen LogP contribution in [0.5, 0.6) is 5.88 Å². The number of rotatable bonds is 9. The summed E-state index contributed by atoms with van der Waals surface area (Å²) in [4.78, 5) is 16.5. The molecule has 0 saturated heterocycles. The summed E-state index contributed by atoms with van der Waals surface area (Å²) in [5.41, 5.74) is 1.60. The van der Waals surface area contributed by atoms with Gasteiger partial charge in [-0.2, -0.15) is 0 Å². The van der Waals surface area contributed by atoms with E-state index < -0.39 is 0 Å². The van der Waals surface area contributed by atoms with Crippen molar-refractivity contribution in [2.75, 3.05) is 31.9 Å². The molecule has 0 fully saturated rings. The molecular weight excluding hydrogens is 402 g/mol. The third-order valence-electron chi connectivity index (χ3n) is 3.66. The maximum Gasteiger partial charge on any atom is 0.243 e. The van der Waals surface area contributed by atoms with Crippen molar-refractivity contribution in [3.8, 4) is 17.3 Å². The second-order valence-corrected chi connectivity index (χ2v) is 7.61. The molecule has 3 aromatic rings. The van der Waals surface area contributed by atoms with Crippen LogP contribution in [0.15, 0.2) is 16.7 Å². The molecule has 1 amide bonds. The van der Waals surface area contributed by atoms with Gasteiger partial charge in [-0.3, -0.25) is 14.0 Å². The Bertz CT molecular complexity index is 950. The monoisotopic (exact) mass is 423 g/mol. The Hall–Kier alpha value is -2.44. The van der Waals surface area contributed by atoms with Crippen LogP contribution in [0.2, 0.25) is 0 Å². The van der Waals surface area contributed by atoms with Gasteiger partial charge >= 0.3 is 0 Å². The van der Waals surface area contributed by atoms with Crippen molar-refractivity contribution >= 4 is 34.1 Å². The van der Waals surface area contributed by atoms with Gasteiger partial charge in [0.05, 0.1) is 31.7 Å². The number of hydrogen-bond donors (Lipinski definition) is 1. The molecule has 3 aromatic heterocycles. The van der Waals surface area contributed by atoms with E-state index in [1.807, 2.05) is 30.1 Å². The second-order valence-electron chi connectivity index (χ2n) is 5.81. The number of thiazole rings is 1. The lowest BCUT2D eigenvalue weighted by atomic mass is 10.3. The molecule has 3 rings (SSSR count). The largest absolute Gasteiger partial charge is 0.479 e. The molecule has 0 aromatic carbocycles. The topological polar surface area (TPSA) is 109 Å². The van der Waals surface area contributed by atoms with Crippen LogP contribution >= 0.6 is 23.1 Å². The highest BCUT2D eigenvalue weighted by molar-refractivity contribution is 7.99. The Balaban J connectivity index is 1.76. The molecule has 0 aliphatic rings. The van der Waals surface area contributed by atoms with E-state index >= 15 is 0 Å². The highest BCUT2D eigenvalue weighted by Crippen LogP contribution is 2.30. The van der Waals surface area contributed by atoms with E-state index in [-0.39, 0.29) is 11.7 Å². The molecule has 150 valence electrons. The maximum absolute atomic E-state index is 12.2. The zero-order valence-electron chi connectivity index (χ0n) is 16.0. The van der Waals surface area contributed by atoms with Crippen LogP contribution in [0, 0.1) is 6.92 Å². The van der Waals surface area contributed by atoms with Gasteiger partial charge in [-0.1, -0.05) is 11.8 Å². The molecule has 1 N–H and O–H groups in total. The Morgan fingerprint density at radius 1 is 1.36 bits per heavy atom. The highest BCUT2D eigenvalue weighted by atomic mass is 32.2. The second kappa shape index (κ2) is 9.17. The number of amides is 1. The van der Waals surface area contributed by atoms with Gasteiger partial charge < -0.3 is 14.8 Å². The number of thioether (sulfide) groups is 1. The standard InChI is InChI=1S/C16H21N7O3S2/c1-10-8-27-15(17-10)18-12(24)9-28-16-20-19-13(23(16)5-6-25-3)11-7-22(2)21-14(11)26-4/h7-8H,5-6,9H2,1-4H3,(H,17,18,24). The first-order valence-electron chi connectivity index (χ1n) is 8.36. The third-order valence-corrected chi connectivity index (χ3v) is 5.51. The number of carbonyl (C=O) groups excluding carboxylic acids is 1. The summed E-state index contributed by atoms with van der Waals surface area (Å²) in [6, 6.07) is 0. The van der Waals surface area contributed by atoms with E-state index in [0.29, 0.717) is 35.1 Å². The van der Waals surface area contributed by atoms with Gasteiger partial charge in [-0.25, -0.2) is 4.98 Å². The number of methoxy groups -OCH3 is 2. The summed E-state index contributed by atoms with van der Waals surface area (Å²) < 4.78 is 14.1. The van der Waals surface area contributed by atoms with Crippen molar-refractivity contribution in [3.05, 3.63) is 17.3 Å². The minimum Gasteiger partial charge on any atom is -0.479 e. The molecule has 0 unspecified atom stereocenters. The predicted molar refractivity (Wildman–Crippen MR) is 107 cm³/mol. The van der Waals surface area contributed by atoms with Crippen molar-refractivity contribution in [1.82, 2.24) is 29.5 Å². The molecular formula is C16H21N7O3S2. The van der Waals surface area contributed by atoms with Crippen LogP contribution in [-0.2, 0) is 23.1 Å². The lowest BCUT2D eigenvalue weighted by Crippen LogP contribution is -2.15. The average molecular weight is 424 g/mol. The normalized spacial score (nSPS) is 11.0. The molecule has 28 heavy (non-hydrogen) atoms. The van der Waals surface area contributed by atoms with E-state index in [1.54, 1.807) is 18.9 Å². The van der Waals surface area contributed by atoms with Gasteiger partial charge in [0, 0.05) is 25.7 Å². The number of anilines is 1. The molecule has 0 bridgehead atoms. The zero-order valence-corrected chi connectivity index (χ0v) is 17.6. The summed E-state index contributed by atoms with van der Waals surface area (Å²) in [6.45, 7) is 2.89. The summed E-state index contributed by atoms with van der Waals surface area (Å²) in [5, 5.41) is 18.7. The summed E-state index contributed by atoms with van der Waals surface area (Å²) in [7, 11) is 5.00. The van der Waals surface area contributed by atoms with E-state index in [9.17, 15) is 4.79 Å². The molecule has 0 atom stereocenters. The van der Waals surface area contributed by atoms with Gasteiger partial charge in [-0.15, -0.1) is 26.6 Å². The van der Waals surface area contributed by atoms with Gasteiger partial charge in [0.25, 0.3) is 0 Å². The minimum absolute atomic E-state index is 0.152. The van der Waals surface area contributed by atoms with Crippen molar-refractivity contribution < 1.29 is 14.3 Å². The lowest BCUT2D eigenvalue weighted by molar-refractivity contribution is -0.113. The lowest BCUT2D eigenvalue weighted by Gasteiger charge is -2.09. The maximum atomic E-state index is 12.2. The number of ether oxygens (including phenoxy) is 2. The van der Waals surface area contributed by atoms with E-state index in [2.05, 4.69) is 25.6 Å². The van der Waals surface area contributed by atoms with E-state index in [1.165, 1.54) is 23.1 Å². The Morgan fingerprint density at radius 3 is 2.86 bits per heavy atom. The van der Waals surface area contributed by atoms with Crippen LogP contribution in [0.3, 0.4) is 0 Å². The average Bonchev–Trinajstić information content (AvgIpc) is 3.36. The molecule has 0 aliphatic heterocycles. The quantitative estimate of drug-likeness (QED) is 0.519. The van der Waals surface area contributed by atoms with Gasteiger partial charge in [0.1, 0.15) is 5.56 Å². The van der Waals surface area contributed by atoms with Gasteiger partial charge in [0.15, 0.2) is 16.1 Å². The first-order chi connectivity index (χ1) is 13.5. The molecule has 12 heteroatoms. The third kappa shape index (κ3) is 4.69. The van der Waals surface area contributed by atoms with Crippen LogP contribution in [0.25, 0.3) is 11.4 Å². The minimum atomic E-state index is -0.152. The molecule has 0 spiro atoms. The van der Waals surface area contributed by atoms with Crippen LogP contribution in [-0.4, -0.2) is 62.0 Å². The number of nitrogens with one attached hydrogen (secondary N) is 1. The number of hydrogen-bond acceptors (Lipinski definition) is 9. The smallest absolute Gasteiger partial charge is 0.243 e. The van der Waals surface area contributed by atoms with Crippen molar-refractivity contribution in [1.29, 1.82) is 0 Å². The first-order valence-corrected chi connectivity index (χ1v) is 10.2. The number of carbonyl (C=O) groups is 1. The fourth-order valence-corrected chi connectivity index (χ4v) is 3.92. The number of aromatic nitrogens is 6. The van der Waals surface area contributed by atoms with Gasteiger partial charge in [0.2, 0.25) is 11.8 Å². The molecule has 0 saturated carbocycles. The Morgan fingerprint density at radius 2 is 2.18 bits per heavy atom. The van der Waals surface area contributed by atoms with Crippen molar-refractivity contribution in [2.24, 2.45) is 7.05 Å². The van der Waals surface area contributed by atoms with E-state index in [4.69, 9.17) is 9.47 Å². The molecule has 3 heterocycles.